The van der Waals surface area contributed by atoms with Gasteiger partial charge in [-0.15, -0.1) is 0 Å². The molecular weight excluding hydrogens is 248 g/mol. The van der Waals surface area contributed by atoms with Gasteiger partial charge in [0.25, 0.3) is 0 Å². The summed E-state index contributed by atoms with van der Waals surface area (Å²) in [5.74, 6) is -1.63. The molecule has 2 rings (SSSR count). The van der Waals surface area contributed by atoms with Gasteiger partial charge in [0, 0.05) is 7.05 Å². The number of halogens is 2. The second-order valence-corrected chi connectivity index (χ2v) is 4.63. The minimum absolute atomic E-state index is 0.0102. The van der Waals surface area contributed by atoms with Crippen LogP contribution in [-0.2, 0) is 13.5 Å². The Morgan fingerprint density at radius 2 is 2.00 bits per heavy atom. The maximum atomic E-state index is 13.2. The van der Waals surface area contributed by atoms with Crippen molar-refractivity contribution in [2.45, 2.75) is 19.4 Å². The molecular formula is C14H17F2N3. The summed E-state index contributed by atoms with van der Waals surface area (Å²) < 4.78 is 27.9. The summed E-state index contributed by atoms with van der Waals surface area (Å²) >= 11 is 0. The number of aromatic nitrogens is 2. The Hall–Kier alpha value is -1.75. The molecule has 5 heteroatoms. The molecule has 0 radical (unpaired) electrons. The molecule has 1 N–H and O–H groups in total. The lowest BCUT2D eigenvalue weighted by molar-refractivity contribution is 0.501. The van der Waals surface area contributed by atoms with Crippen LogP contribution in [0.1, 0.15) is 23.0 Å². The van der Waals surface area contributed by atoms with Gasteiger partial charge in [-0.05, 0) is 44.2 Å². The lowest BCUT2D eigenvalue weighted by atomic mass is 10.0. The minimum Gasteiger partial charge on any atom is -0.311 e. The van der Waals surface area contributed by atoms with Gasteiger partial charge >= 0.3 is 0 Å². The topological polar surface area (TPSA) is 29.9 Å². The average molecular weight is 265 g/mol. The van der Waals surface area contributed by atoms with E-state index in [9.17, 15) is 8.78 Å². The monoisotopic (exact) mass is 265 g/mol. The largest absolute Gasteiger partial charge is 0.311 e. The Balaban J connectivity index is 2.23. The molecule has 0 amide bonds. The van der Waals surface area contributed by atoms with E-state index in [1.807, 2.05) is 27.1 Å². The summed E-state index contributed by atoms with van der Waals surface area (Å²) in [5, 5.41) is 7.47. The van der Waals surface area contributed by atoms with E-state index >= 15 is 0 Å². The fourth-order valence-corrected chi connectivity index (χ4v) is 2.21. The van der Waals surface area contributed by atoms with Gasteiger partial charge in [-0.1, -0.05) is 6.07 Å². The van der Waals surface area contributed by atoms with Gasteiger partial charge in [0.2, 0.25) is 0 Å². The van der Waals surface area contributed by atoms with Crippen LogP contribution in [0.15, 0.2) is 24.3 Å². The van der Waals surface area contributed by atoms with Crippen molar-refractivity contribution in [1.82, 2.24) is 15.1 Å². The van der Waals surface area contributed by atoms with E-state index in [1.54, 1.807) is 10.7 Å². The summed E-state index contributed by atoms with van der Waals surface area (Å²) in [6.45, 7) is 1.92. The predicted molar refractivity (Wildman–Crippen MR) is 69.8 cm³/mol. The van der Waals surface area contributed by atoms with Gasteiger partial charge in [0.15, 0.2) is 11.6 Å². The summed E-state index contributed by atoms with van der Waals surface area (Å²) in [5.41, 5.74) is 2.70. The van der Waals surface area contributed by atoms with Crippen LogP contribution in [-0.4, -0.2) is 16.8 Å². The maximum absolute atomic E-state index is 13.2. The number of likely N-dealkylation sites (N-methyl/N-ethyl adjacent to an activating group) is 1. The summed E-state index contributed by atoms with van der Waals surface area (Å²) in [6.07, 6.45) is 0.576. The molecule has 1 heterocycles. The van der Waals surface area contributed by atoms with Crippen molar-refractivity contribution in [1.29, 1.82) is 0 Å². The van der Waals surface area contributed by atoms with Gasteiger partial charge in [-0.3, -0.25) is 4.68 Å². The standard InChI is InChI=1S/C14H17F2N3/c1-9-6-14(19(3)18-9)13(17-2)8-10-4-5-11(15)12(16)7-10/h4-7,13,17H,8H2,1-3H3. The van der Waals surface area contributed by atoms with Crippen molar-refractivity contribution in [3.63, 3.8) is 0 Å². The van der Waals surface area contributed by atoms with E-state index in [0.717, 1.165) is 23.0 Å². The SMILES string of the molecule is CNC(Cc1ccc(F)c(F)c1)c1cc(C)nn1C. The molecule has 2 aromatic rings. The Labute approximate surface area is 111 Å². The number of rotatable bonds is 4. The number of nitrogens with one attached hydrogen (secondary N) is 1. The van der Waals surface area contributed by atoms with Crippen molar-refractivity contribution >= 4 is 0 Å². The predicted octanol–water partition coefficient (Wildman–Crippen LogP) is 2.51. The average Bonchev–Trinajstić information content (AvgIpc) is 2.70. The molecule has 0 bridgehead atoms. The van der Waals surface area contributed by atoms with Crippen molar-refractivity contribution < 1.29 is 8.78 Å². The lowest BCUT2D eigenvalue weighted by Gasteiger charge is -2.16. The zero-order chi connectivity index (χ0) is 14.0. The highest BCUT2D eigenvalue weighted by Crippen LogP contribution is 2.20. The number of hydrogen-bond donors (Lipinski definition) is 1. The third-order valence-electron chi connectivity index (χ3n) is 3.17. The van der Waals surface area contributed by atoms with Crippen LogP contribution >= 0.6 is 0 Å². The molecule has 0 aliphatic rings. The minimum atomic E-state index is -0.818. The van der Waals surface area contributed by atoms with Gasteiger partial charge < -0.3 is 5.32 Å². The first-order valence-corrected chi connectivity index (χ1v) is 6.13. The van der Waals surface area contributed by atoms with E-state index in [1.165, 1.54) is 6.07 Å². The van der Waals surface area contributed by atoms with E-state index in [-0.39, 0.29) is 6.04 Å². The quantitative estimate of drug-likeness (QED) is 0.920. The van der Waals surface area contributed by atoms with E-state index in [2.05, 4.69) is 10.4 Å². The first kappa shape index (κ1) is 13.7. The second-order valence-electron chi connectivity index (χ2n) is 4.63. The van der Waals surface area contributed by atoms with Gasteiger partial charge in [0.05, 0.1) is 17.4 Å². The molecule has 0 aliphatic carbocycles. The molecule has 3 nitrogen and oxygen atoms in total. The molecule has 0 aliphatic heterocycles. The molecule has 1 aromatic heterocycles. The summed E-state index contributed by atoms with van der Waals surface area (Å²) in [4.78, 5) is 0. The van der Waals surface area contributed by atoms with Crippen LogP contribution < -0.4 is 5.32 Å². The Bertz CT molecular complexity index is 578. The summed E-state index contributed by atoms with van der Waals surface area (Å²) in [6, 6.07) is 6.00. The van der Waals surface area contributed by atoms with Crippen LogP contribution in [0, 0.1) is 18.6 Å². The Kier molecular flexibility index (Phi) is 3.95. The van der Waals surface area contributed by atoms with Gasteiger partial charge in [0.1, 0.15) is 0 Å². The molecule has 0 fully saturated rings. The number of hydrogen-bond acceptors (Lipinski definition) is 2. The molecule has 19 heavy (non-hydrogen) atoms. The lowest BCUT2D eigenvalue weighted by Crippen LogP contribution is -2.21. The van der Waals surface area contributed by atoms with E-state index < -0.39 is 11.6 Å². The van der Waals surface area contributed by atoms with Crippen molar-refractivity contribution in [3.05, 3.63) is 52.9 Å². The van der Waals surface area contributed by atoms with Gasteiger partial charge in [-0.25, -0.2) is 8.78 Å². The number of aryl methyl sites for hydroxylation is 2. The third-order valence-corrected chi connectivity index (χ3v) is 3.17. The van der Waals surface area contributed by atoms with E-state index in [0.29, 0.717) is 6.42 Å². The zero-order valence-corrected chi connectivity index (χ0v) is 11.2. The molecule has 0 spiro atoms. The molecule has 1 aromatic carbocycles. The van der Waals surface area contributed by atoms with Crippen LogP contribution in [0.5, 0.6) is 0 Å². The fourth-order valence-electron chi connectivity index (χ4n) is 2.21. The highest BCUT2D eigenvalue weighted by molar-refractivity contribution is 5.22. The molecule has 102 valence electrons. The number of nitrogens with zero attached hydrogens (tertiary/aromatic N) is 2. The maximum Gasteiger partial charge on any atom is 0.159 e. The first-order valence-electron chi connectivity index (χ1n) is 6.13. The highest BCUT2D eigenvalue weighted by atomic mass is 19.2. The number of benzene rings is 1. The van der Waals surface area contributed by atoms with Crippen LogP contribution in [0.25, 0.3) is 0 Å². The molecule has 0 saturated heterocycles. The van der Waals surface area contributed by atoms with Crippen LogP contribution in [0.4, 0.5) is 8.78 Å². The molecule has 0 saturated carbocycles. The fraction of sp³-hybridized carbons (Fsp3) is 0.357. The van der Waals surface area contributed by atoms with Crippen molar-refractivity contribution in [3.8, 4) is 0 Å². The van der Waals surface area contributed by atoms with E-state index in [4.69, 9.17) is 0 Å². The Morgan fingerprint density at radius 3 is 2.53 bits per heavy atom. The third kappa shape index (κ3) is 2.98. The highest BCUT2D eigenvalue weighted by Gasteiger charge is 2.15. The zero-order valence-electron chi connectivity index (χ0n) is 11.2. The molecule has 1 unspecified atom stereocenters. The smallest absolute Gasteiger partial charge is 0.159 e. The second kappa shape index (κ2) is 5.48. The van der Waals surface area contributed by atoms with Crippen molar-refractivity contribution in [2.24, 2.45) is 7.05 Å². The van der Waals surface area contributed by atoms with Crippen molar-refractivity contribution in [2.75, 3.05) is 7.05 Å². The Morgan fingerprint density at radius 1 is 1.26 bits per heavy atom. The normalized spacial score (nSPS) is 12.7. The molecule has 1 atom stereocenters. The first-order chi connectivity index (χ1) is 9.01. The van der Waals surface area contributed by atoms with Crippen LogP contribution in [0.3, 0.4) is 0 Å². The van der Waals surface area contributed by atoms with Gasteiger partial charge in [-0.2, -0.15) is 5.10 Å². The summed E-state index contributed by atoms with van der Waals surface area (Å²) in [7, 11) is 3.71. The van der Waals surface area contributed by atoms with Crippen LogP contribution in [0.2, 0.25) is 0 Å².